The molecule has 0 aliphatic heterocycles. The Hall–Kier alpha value is -14.3. The number of halogens is 3. The number of carbonyl (C=O) groups is 4. The van der Waals surface area contributed by atoms with Crippen LogP contribution in [0.2, 0.25) is 0 Å². The Morgan fingerprint density at radius 1 is 0.339 bits per heavy atom. The second-order valence-electron chi connectivity index (χ2n) is 32.8. The molecule has 0 spiro atoms. The molecule has 3 aliphatic rings. The summed E-state index contributed by atoms with van der Waals surface area (Å²) in [6.07, 6.45) is 33.4. The van der Waals surface area contributed by atoms with Gasteiger partial charge in [0.25, 0.3) is 23.6 Å². The summed E-state index contributed by atoms with van der Waals surface area (Å²) in [4.78, 5) is 88.5. The predicted octanol–water partition coefficient (Wildman–Crippen LogP) is 24.6. The van der Waals surface area contributed by atoms with Crippen LogP contribution in [0.25, 0.3) is 78.0 Å². The maximum atomic E-state index is 14.5. The molecule has 0 saturated heterocycles. The summed E-state index contributed by atoms with van der Waals surface area (Å²) in [5.74, 6) is 2.66. The van der Waals surface area contributed by atoms with Gasteiger partial charge in [-0.05, 0) is 219 Å². The van der Waals surface area contributed by atoms with Crippen LogP contribution < -0.4 is 21.3 Å². The van der Waals surface area contributed by atoms with Crippen molar-refractivity contribution in [3.05, 3.63) is 357 Å². The van der Waals surface area contributed by atoms with Gasteiger partial charge in [0.2, 0.25) is 0 Å². The van der Waals surface area contributed by atoms with E-state index in [2.05, 4.69) is 123 Å². The van der Waals surface area contributed by atoms with Crippen LogP contribution in [-0.4, -0.2) is 81.1 Å². The number of carbonyl (C=O) groups excluding carboxylic acids is 4. The summed E-state index contributed by atoms with van der Waals surface area (Å²) in [7, 11) is 0. The summed E-state index contributed by atoms with van der Waals surface area (Å²) in [5, 5.41) is 11.9. The van der Waals surface area contributed by atoms with Crippen molar-refractivity contribution < 1.29 is 28.0 Å². The van der Waals surface area contributed by atoms with Gasteiger partial charge < -0.3 is 34.5 Å². The molecule has 0 unspecified atom stereocenters. The molecule has 12 heterocycles. The summed E-state index contributed by atoms with van der Waals surface area (Å²) in [6, 6.07) is 58.4. The van der Waals surface area contributed by atoms with E-state index in [-0.39, 0.29) is 42.4 Å². The van der Waals surface area contributed by atoms with Gasteiger partial charge in [0.1, 0.15) is 27.9 Å². The lowest BCUT2D eigenvalue weighted by Crippen LogP contribution is -2.14. The standard InChI is InChI=1S/C27H19BrF2N4O.C27H28N4O.C25H24N4O.C24H22N4O.CH4/c1-15-8-10-18(11-9-15)32-27(35)21-13-17(14-31-16(21)2)19-6-4-12-34-24(19)25(28)33-26(34)20-5-3-7-22(29)23(20)30;1-18-10-12-22(13-11-18)30-27(32)24-15-21(16-28-19(24)2)23-9-6-14-31-25(23)17-29-26(31)20-7-4-3-5-8-20;1-16-8-10-20(11-9-16)28-25(30)22-13-19(14-26-17(22)2)21-7-4-12-29-23(21)15-27-24(29)18-5-3-6-18;1-15-5-9-19(10-6-15)27-24(29)21-12-18(13-25-16(21)2)20-4-3-11-28-22(20)14-26-23(28)17-7-8-17;/h3-14H,1-2H3,(H,32,35);6,9-17,20H,3-5,7-8H2,1-2H3,(H,30,32);4,7-15,18H,3,5-6H2,1-2H3,(H,28,30);3-6,9-14,17H,7-8H2,1-2H3,(H,27,29);1H4. The molecule has 0 bridgehead atoms. The first kappa shape index (κ1) is 86.2. The number of aryl methyl sites for hydroxylation is 8. The van der Waals surface area contributed by atoms with Crippen molar-refractivity contribution in [3.63, 3.8) is 0 Å². The Kier molecular flexibility index (Phi) is 25.5. The minimum atomic E-state index is -0.968. The van der Waals surface area contributed by atoms with Crippen molar-refractivity contribution >= 4 is 84.4 Å². The molecule has 0 atom stereocenters. The molecule has 0 radical (unpaired) electrons. The normalized spacial score (nSPS) is 13.1. The first-order valence-electron chi connectivity index (χ1n) is 42.5. The number of pyridine rings is 8. The number of amides is 4. The summed E-state index contributed by atoms with van der Waals surface area (Å²) in [6.45, 7) is 15.4. The largest absolute Gasteiger partial charge is 0.322 e. The fourth-order valence-electron chi connectivity index (χ4n) is 16.3. The van der Waals surface area contributed by atoms with Crippen LogP contribution >= 0.6 is 15.9 Å². The van der Waals surface area contributed by atoms with E-state index in [1.807, 2.05) is 219 Å². The van der Waals surface area contributed by atoms with Crippen LogP contribution in [0.15, 0.2) is 261 Å². The third-order valence-corrected chi connectivity index (χ3v) is 24.4. The van der Waals surface area contributed by atoms with E-state index in [9.17, 15) is 28.0 Å². The monoisotopic (exact) mass is 1750 g/mol. The fraction of sp³-hybridized carbons (Fsp3) is 0.212. The molecule has 4 amide bonds. The van der Waals surface area contributed by atoms with E-state index >= 15 is 0 Å². The first-order valence-corrected chi connectivity index (χ1v) is 43.3. The van der Waals surface area contributed by atoms with E-state index in [1.54, 1.807) is 35.9 Å². The van der Waals surface area contributed by atoms with Crippen molar-refractivity contribution in [1.82, 2.24) is 57.5 Å². The lowest BCUT2D eigenvalue weighted by molar-refractivity contribution is 0.101. The van der Waals surface area contributed by atoms with Crippen molar-refractivity contribution in [2.45, 2.75) is 145 Å². The highest BCUT2D eigenvalue weighted by molar-refractivity contribution is 9.10. The van der Waals surface area contributed by atoms with Crippen molar-refractivity contribution in [1.29, 1.82) is 0 Å². The van der Waals surface area contributed by atoms with Gasteiger partial charge in [-0.3, -0.25) is 43.5 Å². The molecule has 4 N–H and O–H groups in total. The minimum absolute atomic E-state index is 0. The van der Waals surface area contributed by atoms with Crippen LogP contribution in [0.3, 0.4) is 0 Å². The van der Waals surface area contributed by atoms with Gasteiger partial charge in [0, 0.05) is 135 Å². The number of fused-ring (bicyclic) bond motifs is 4. The topological polar surface area (TPSA) is 237 Å². The third kappa shape index (κ3) is 18.7. The molecule has 3 saturated carbocycles. The smallest absolute Gasteiger partial charge is 0.257 e. The Morgan fingerprint density at radius 2 is 0.638 bits per heavy atom. The van der Waals surface area contributed by atoms with Gasteiger partial charge in [-0.1, -0.05) is 134 Å². The SMILES string of the molecule is C.Cc1ccc(NC(=O)c2cc(-c3cccn4c(-c5cccc(F)c5F)nc(Br)c34)cnc2C)cc1.Cc1ccc(NC(=O)c2cc(-c3cccn4c(C5CC5)ncc34)cnc2C)cc1.Cc1ccc(NC(=O)c2cc(-c3cccn4c(C5CCC5)ncc34)cnc2C)cc1.Cc1ccc(NC(=O)c2cc(-c3cccn4c(C5CCCCC5)ncc34)cnc2C)cc1. The highest BCUT2D eigenvalue weighted by atomic mass is 79.9. The Balaban J connectivity index is 0.000000124. The Morgan fingerprint density at radius 3 is 0.961 bits per heavy atom. The number of hydrogen-bond donors (Lipinski definition) is 4. The van der Waals surface area contributed by atoms with E-state index in [0.29, 0.717) is 84.2 Å². The second kappa shape index (κ2) is 37.6. The molecule has 20 rings (SSSR count). The van der Waals surface area contributed by atoms with Crippen LogP contribution in [0, 0.1) is 67.0 Å². The molecule has 23 heteroatoms. The summed E-state index contributed by atoms with van der Waals surface area (Å²) in [5.41, 5.74) is 23.6. The maximum absolute atomic E-state index is 14.5. The molecule has 20 nitrogen and oxygen atoms in total. The van der Waals surface area contributed by atoms with Crippen molar-refractivity contribution in [2.75, 3.05) is 21.3 Å². The average molecular weight is 1750 g/mol. The van der Waals surface area contributed by atoms with Gasteiger partial charge in [0.05, 0.1) is 91.3 Å². The number of anilines is 4. The van der Waals surface area contributed by atoms with Gasteiger partial charge in [-0.2, -0.15) is 0 Å². The number of nitrogens with one attached hydrogen (secondary N) is 4. The lowest BCUT2D eigenvalue weighted by atomic mass is 9.85. The third-order valence-electron chi connectivity index (χ3n) is 23.8. The molecular formula is C104H97BrF2N16O4. The summed E-state index contributed by atoms with van der Waals surface area (Å²) >= 11 is 3.47. The Labute approximate surface area is 744 Å². The summed E-state index contributed by atoms with van der Waals surface area (Å²) < 4.78 is 37.1. The molecule has 127 heavy (non-hydrogen) atoms. The van der Waals surface area contributed by atoms with E-state index in [1.165, 1.54) is 76.3 Å². The van der Waals surface area contributed by atoms with Crippen molar-refractivity contribution in [3.8, 4) is 55.9 Å². The maximum Gasteiger partial charge on any atom is 0.257 e. The fourth-order valence-corrected chi connectivity index (χ4v) is 16.9. The van der Waals surface area contributed by atoms with Gasteiger partial charge in [-0.15, -0.1) is 0 Å². The predicted molar refractivity (Wildman–Crippen MR) is 503 cm³/mol. The molecule has 17 aromatic rings. The Bertz CT molecular complexity index is 6990. The zero-order valence-electron chi connectivity index (χ0n) is 71.2. The van der Waals surface area contributed by atoms with Crippen LogP contribution in [0.1, 0.15) is 193 Å². The molecular weight excluding hydrogens is 1660 g/mol. The van der Waals surface area contributed by atoms with Crippen LogP contribution in [0.4, 0.5) is 31.5 Å². The highest BCUT2D eigenvalue weighted by Gasteiger charge is 2.30. The molecule has 5 aromatic carbocycles. The van der Waals surface area contributed by atoms with E-state index in [0.717, 1.165) is 118 Å². The molecule has 3 fully saturated rings. The number of aromatic nitrogens is 12. The molecule has 638 valence electrons. The number of rotatable bonds is 16. The molecule has 12 aromatic heterocycles. The second-order valence-corrected chi connectivity index (χ2v) is 33.5. The number of nitrogens with zero attached hydrogens (tertiary/aromatic N) is 12. The first-order chi connectivity index (χ1) is 61.1. The lowest BCUT2D eigenvalue weighted by Gasteiger charge is -2.24. The van der Waals surface area contributed by atoms with E-state index < -0.39 is 11.6 Å². The molecule has 3 aliphatic carbocycles. The van der Waals surface area contributed by atoms with Gasteiger partial charge >= 0.3 is 0 Å². The number of benzene rings is 5. The number of imidazole rings is 4. The number of hydrogen-bond acceptors (Lipinski definition) is 12. The zero-order valence-corrected chi connectivity index (χ0v) is 72.8. The van der Waals surface area contributed by atoms with Gasteiger partial charge in [0.15, 0.2) is 11.6 Å². The van der Waals surface area contributed by atoms with Crippen LogP contribution in [0.5, 0.6) is 0 Å². The highest BCUT2D eigenvalue weighted by Crippen LogP contribution is 2.43. The van der Waals surface area contributed by atoms with E-state index in [4.69, 9.17) is 9.97 Å². The van der Waals surface area contributed by atoms with Crippen LogP contribution in [-0.2, 0) is 0 Å². The quantitative estimate of drug-likeness (QED) is 0.0707. The van der Waals surface area contributed by atoms with Gasteiger partial charge in [-0.25, -0.2) is 28.7 Å². The van der Waals surface area contributed by atoms with Crippen molar-refractivity contribution in [2.24, 2.45) is 0 Å². The zero-order chi connectivity index (χ0) is 87.4. The minimum Gasteiger partial charge on any atom is -0.322 e. The average Bonchev–Trinajstić information content (AvgIpc) is 1.62.